The molecule has 0 saturated carbocycles. The number of hydrogen-bond acceptors (Lipinski definition) is 3. The Hall–Kier alpha value is -1.52. The van der Waals surface area contributed by atoms with E-state index in [1.54, 1.807) is 0 Å². The molecule has 4 nitrogen and oxygen atoms in total. The van der Waals surface area contributed by atoms with E-state index in [4.69, 9.17) is 9.47 Å². The van der Waals surface area contributed by atoms with Crippen LogP contribution in [-0.4, -0.2) is 48.9 Å². The zero-order chi connectivity index (χ0) is 14.4. The first-order valence-electron chi connectivity index (χ1n) is 7.75. The van der Waals surface area contributed by atoms with E-state index in [0.29, 0.717) is 19.3 Å². The van der Waals surface area contributed by atoms with Crippen molar-refractivity contribution in [2.75, 3.05) is 33.4 Å². The molecule has 2 aliphatic heterocycles. The van der Waals surface area contributed by atoms with Gasteiger partial charge in [-0.05, 0) is 50.7 Å². The fraction of sp³-hybridized carbons (Fsp3) is 0.529. The third-order valence-electron chi connectivity index (χ3n) is 4.67. The van der Waals surface area contributed by atoms with Crippen LogP contribution < -0.4 is 4.74 Å². The lowest BCUT2D eigenvalue weighted by Gasteiger charge is -2.26. The van der Waals surface area contributed by atoms with Gasteiger partial charge in [-0.2, -0.15) is 0 Å². The molecule has 2 fully saturated rings. The molecule has 0 radical (unpaired) electrons. The van der Waals surface area contributed by atoms with E-state index in [1.165, 1.54) is 29.4 Å². The van der Waals surface area contributed by atoms with Crippen LogP contribution in [0, 0.1) is 6.92 Å². The number of aromatic nitrogens is 1. The number of likely N-dealkylation sites (tertiary alicyclic amines) is 1. The number of likely N-dealkylation sites (N-methyl/N-ethyl adjacent to an activating group) is 1. The number of hydrogen-bond donors (Lipinski definition) is 0. The molecule has 0 N–H and O–H groups in total. The quantitative estimate of drug-likeness (QED) is 0.867. The SMILES string of the molecule is Cc1cn(C2CCN(C)C2)c2ccc(OC3COC3)cc12. The van der Waals surface area contributed by atoms with Crippen LogP contribution in [0.1, 0.15) is 18.0 Å². The number of benzene rings is 1. The Balaban J connectivity index is 1.66. The van der Waals surface area contributed by atoms with Crippen molar-refractivity contribution in [1.29, 1.82) is 0 Å². The molecular weight excluding hydrogens is 264 g/mol. The van der Waals surface area contributed by atoms with Crippen molar-refractivity contribution in [3.05, 3.63) is 30.0 Å². The van der Waals surface area contributed by atoms with Crippen LogP contribution in [0.4, 0.5) is 0 Å². The first-order chi connectivity index (χ1) is 10.2. The average molecular weight is 286 g/mol. The van der Waals surface area contributed by atoms with Crippen molar-refractivity contribution < 1.29 is 9.47 Å². The number of rotatable bonds is 3. The average Bonchev–Trinajstić information content (AvgIpc) is 2.99. The van der Waals surface area contributed by atoms with Crippen LogP contribution in [0.2, 0.25) is 0 Å². The minimum Gasteiger partial charge on any atom is -0.486 e. The molecule has 2 aliphatic rings. The summed E-state index contributed by atoms with van der Waals surface area (Å²) in [4.78, 5) is 2.40. The Morgan fingerprint density at radius 2 is 2.14 bits per heavy atom. The van der Waals surface area contributed by atoms with E-state index in [-0.39, 0.29) is 6.10 Å². The molecule has 1 aromatic heterocycles. The zero-order valence-electron chi connectivity index (χ0n) is 12.7. The molecule has 2 aromatic rings. The van der Waals surface area contributed by atoms with Crippen molar-refractivity contribution in [1.82, 2.24) is 9.47 Å². The van der Waals surface area contributed by atoms with Gasteiger partial charge in [0.25, 0.3) is 0 Å². The molecule has 1 unspecified atom stereocenters. The highest BCUT2D eigenvalue weighted by Crippen LogP contribution is 2.31. The summed E-state index contributed by atoms with van der Waals surface area (Å²) in [5, 5.41) is 1.31. The highest BCUT2D eigenvalue weighted by atomic mass is 16.6. The Labute approximate surface area is 125 Å². The Bertz CT molecular complexity index is 660. The van der Waals surface area contributed by atoms with Crippen LogP contribution >= 0.6 is 0 Å². The molecule has 1 atom stereocenters. The second-order valence-corrected chi connectivity index (χ2v) is 6.38. The third kappa shape index (κ3) is 2.32. The van der Waals surface area contributed by atoms with Gasteiger partial charge in [-0.1, -0.05) is 0 Å². The summed E-state index contributed by atoms with van der Waals surface area (Å²) in [6.45, 7) is 5.94. The summed E-state index contributed by atoms with van der Waals surface area (Å²) in [6.07, 6.45) is 3.76. The highest BCUT2D eigenvalue weighted by Gasteiger charge is 2.23. The lowest BCUT2D eigenvalue weighted by molar-refractivity contribution is -0.0796. The fourth-order valence-corrected chi connectivity index (χ4v) is 3.39. The van der Waals surface area contributed by atoms with Crippen molar-refractivity contribution in [2.24, 2.45) is 0 Å². The van der Waals surface area contributed by atoms with Crippen LogP contribution in [0.25, 0.3) is 10.9 Å². The maximum atomic E-state index is 5.92. The van der Waals surface area contributed by atoms with Crippen molar-refractivity contribution in [3.8, 4) is 5.75 Å². The summed E-state index contributed by atoms with van der Waals surface area (Å²) in [6, 6.07) is 7.07. The molecule has 0 aliphatic carbocycles. The molecule has 0 bridgehead atoms. The van der Waals surface area contributed by atoms with E-state index in [9.17, 15) is 0 Å². The summed E-state index contributed by atoms with van der Waals surface area (Å²) in [5.41, 5.74) is 2.65. The molecule has 0 spiro atoms. The lowest BCUT2D eigenvalue weighted by Crippen LogP contribution is -2.38. The Kier molecular flexibility index (Phi) is 3.16. The number of nitrogens with zero attached hydrogens (tertiary/aromatic N) is 2. The molecule has 4 heteroatoms. The van der Waals surface area contributed by atoms with Gasteiger partial charge < -0.3 is 18.9 Å². The minimum atomic E-state index is 0.230. The Morgan fingerprint density at radius 1 is 1.29 bits per heavy atom. The molecule has 0 amide bonds. The predicted molar refractivity (Wildman–Crippen MR) is 83.1 cm³/mol. The Morgan fingerprint density at radius 3 is 2.81 bits per heavy atom. The number of aryl methyl sites for hydroxylation is 1. The smallest absolute Gasteiger partial charge is 0.145 e. The van der Waals surface area contributed by atoms with Gasteiger partial charge in [0.1, 0.15) is 11.9 Å². The zero-order valence-corrected chi connectivity index (χ0v) is 12.7. The molecular formula is C17H22N2O2. The van der Waals surface area contributed by atoms with Crippen molar-refractivity contribution >= 4 is 10.9 Å². The largest absolute Gasteiger partial charge is 0.486 e. The minimum absolute atomic E-state index is 0.230. The summed E-state index contributed by atoms with van der Waals surface area (Å²) in [7, 11) is 2.20. The highest BCUT2D eigenvalue weighted by molar-refractivity contribution is 5.85. The number of ether oxygens (including phenoxy) is 2. The summed E-state index contributed by atoms with van der Waals surface area (Å²) < 4.78 is 13.5. The fourth-order valence-electron chi connectivity index (χ4n) is 3.39. The molecule has 4 rings (SSSR count). The normalized spacial score (nSPS) is 23.6. The molecule has 112 valence electrons. The summed E-state index contributed by atoms with van der Waals surface area (Å²) >= 11 is 0. The third-order valence-corrected chi connectivity index (χ3v) is 4.67. The standard InChI is InChI=1S/C17H22N2O2/c1-12-8-19(13-5-6-18(2)9-13)17-4-3-14(7-16(12)17)21-15-10-20-11-15/h3-4,7-8,13,15H,5-6,9-11H2,1-2H3. The van der Waals surface area contributed by atoms with E-state index in [0.717, 1.165) is 12.3 Å². The number of fused-ring (bicyclic) bond motifs is 1. The van der Waals surface area contributed by atoms with Crippen molar-refractivity contribution in [3.63, 3.8) is 0 Å². The monoisotopic (exact) mass is 286 g/mol. The molecule has 1 aromatic carbocycles. The van der Waals surface area contributed by atoms with Crippen LogP contribution in [0.15, 0.2) is 24.4 Å². The van der Waals surface area contributed by atoms with Gasteiger partial charge in [0.15, 0.2) is 0 Å². The maximum absolute atomic E-state index is 5.92. The molecule has 21 heavy (non-hydrogen) atoms. The van der Waals surface area contributed by atoms with E-state index < -0.39 is 0 Å². The van der Waals surface area contributed by atoms with Crippen molar-refractivity contribution in [2.45, 2.75) is 25.5 Å². The van der Waals surface area contributed by atoms with Gasteiger partial charge in [0, 0.05) is 29.7 Å². The van der Waals surface area contributed by atoms with Crippen LogP contribution in [0.5, 0.6) is 5.75 Å². The molecule has 2 saturated heterocycles. The van der Waals surface area contributed by atoms with Crippen LogP contribution in [0.3, 0.4) is 0 Å². The van der Waals surface area contributed by atoms with Gasteiger partial charge in [0.05, 0.1) is 13.2 Å². The van der Waals surface area contributed by atoms with Gasteiger partial charge >= 0.3 is 0 Å². The predicted octanol–water partition coefficient (Wildman–Crippen LogP) is 2.60. The van der Waals surface area contributed by atoms with Gasteiger partial charge in [-0.3, -0.25) is 0 Å². The van der Waals surface area contributed by atoms with E-state index in [2.05, 4.69) is 47.8 Å². The topological polar surface area (TPSA) is 26.6 Å². The first kappa shape index (κ1) is 13.2. The second-order valence-electron chi connectivity index (χ2n) is 6.38. The van der Waals surface area contributed by atoms with E-state index in [1.807, 2.05) is 0 Å². The lowest BCUT2D eigenvalue weighted by atomic mass is 10.2. The second kappa shape index (κ2) is 5.04. The van der Waals surface area contributed by atoms with Gasteiger partial charge in [0.2, 0.25) is 0 Å². The summed E-state index contributed by atoms with van der Waals surface area (Å²) in [5.74, 6) is 0.959. The maximum Gasteiger partial charge on any atom is 0.145 e. The first-order valence-corrected chi connectivity index (χ1v) is 7.75. The van der Waals surface area contributed by atoms with E-state index >= 15 is 0 Å². The molecule has 3 heterocycles. The van der Waals surface area contributed by atoms with Gasteiger partial charge in [-0.15, -0.1) is 0 Å². The van der Waals surface area contributed by atoms with Gasteiger partial charge in [-0.25, -0.2) is 0 Å². The van der Waals surface area contributed by atoms with Crippen LogP contribution in [-0.2, 0) is 4.74 Å².